The minimum Gasteiger partial charge on any atom is -0.457 e. The highest BCUT2D eigenvalue weighted by Gasteiger charge is 1.97. The van der Waals surface area contributed by atoms with E-state index in [1.54, 1.807) is 6.21 Å². The molecule has 0 aliphatic heterocycles. The molecule has 0 aromatic heterocycles. The molecule has 2 rings (SSSR count). The summed E-state index contributed by atoms with van der Waals surface area (Å²) in [7, 11) is 0. The fourth-order valence-corrected chi connectivity index (χ4v) is 1.61. The Balaban J connectivity index is 2.11. The molecule has 2 aromatic carbocycles. The second-order valence-corrected chi connectivity index (χ2v) is 4.32. The minimum atomic E-state index is 0.779. The third kappa shape index (κ3) is 3.32. The van der Waals surface area contributed by atoms with Crippen LogP contribution in [0.25, 0.3) is 0 Å². The predicted octanol–water partition coefficient (Wildman–Crippen LogP) is 3.53. The summed E-state index contributed by atoms with van der Waals surface area (Å²) in [6.07, 6.45) is 1.59. The fraction of sp³-hybridized carbons (Fsp3) is 0. The van der Waals surface area contributed by atoms with E-state index in [1.807, 2.05) is 48.5 Å². The molecule has 0 saturated carbocycles. The Kier molecular flexibility index (Phi) is 3.77. The van der Waals surface area contributed by atoms with E-state index in [0.717, 1.165) is 21.5 Å². The van der Waals surface area contributed by atoms with E-state index in [9.17, 15) is 0 Å². The minimum absolute atomic E-state index is 0.779. The highest BCUT2D eigenvalue weighted by molar-refractivity contribution is 9.10. The Labute approximate surface area is 108 Å². The molecule has 0 fully saturated rings. The number of ether oxygens (including phenoxy) is 1. The standard InChI is InChI=1S/C13H11BrN2O/c14-11-3-7-13(8-4-11)17-12-5-1-10(2-6-12)9-16-15/h1-9H,15H2. The van der Waals surface area contributed by atoms with Crippen LogP contribution < -0.4 is 10.6 Å². The summed E-state index contributed by atoms with van der Waals surface area (Å²) in [4.78, 5) is 0. The van der Waals surface area contributed by atoms with Gasteiger partial charge in [-0.2, -0.15) is 5.10 Å². The molecule has 0 bridgehead atoms. The van der Waals surface area contributed by atoms with Crippen LogP contribution >= 0.6 is 15.9 Å². The Morgan fingerprint density at radius 3 is 2.00 bits per heavy atom. The molecule has 3 nitrogen and oxygen atoms in total. The van der Waals surface area contributed by atoms with Crippen molar-refractivity contribution in [1.29, 1.82) is 0 Å². The SMILES string of the molecule is NN=Cc1ccc(Oc2ccc(Br)cc2)cc1. The zero-order valence-corrected chi connectivity index (χ0v) is 10.6. The zero-order valence-electron chi connectivity index (χ0n) is 9.01. The number of halogens is 1. The maximum atomic E-state index is 5.67. The van der Waals surface area contributed by atoms with Gasteiger partial charge in [-0.1, -0.05) is 15.9 Å². The van der Waals surface area contributed by atoms with Gasteiger partial charge in [-0.15, -0.1) is 0 Å². The smallest absolute Gasteiger partial charge is 0.127 e. The van der Waals surface area contributed by atoms with Crippen LogP contribution in [0, 0.1) is 0 Å². The van der Waals surface area contributed by atoms with Crippen LogP contribution in [0.5, 0.6) is 11.5 Å². The van der Waals surface area contributed by atoms with Crippen molar-refractivity contribution in [3.63, 3.8) is 0 Å². The maximum absolute atomic E-state index is 5.67. The van der Waals surface area contributed by atoms with Gasteiger partial charge >= 0.3 is 0 Å². The first kappa shape index (κ1) is 11.7. The van der Waals surface area contributed by atoms with E-state index < -0.39 is 0 Å². The van der Waals surface area contributed by atoms with Crippen molar-refractivity contribution in [3.05, 3.63) is 58.6 Å². The molecule has 0 amide bonds. The average Bonchev–Trinajstić information content (AvgIpc) is 2.35. The summed E-state index contributed by atoms with van der Waals surface area (Å²) in [5, 5.41) is 3.46. The van der Waals surface area contributed by atoms with Crippen LogP contribution in [0.1, 0.15) is 5.56 Å². The molecule has 86 valence electrons. The van der Waals surface area contributed by atoms with Gasteiger partial charge in [0.15, 0.2) is 0 Å². The Bertz CT molecular complexity index is 506. The quantitative estimate of drug-likeness (QED) is 0.534. The van der Waals surface area contributed by atoms with Gasteiger partial charge in [-0.3, -0.25) is 0 Å². The van der Waals surface area contributed by atoms with Crippen LogP contribution in [0.15, 0.2) is 58.1 Å². The van der Waals surface area contributed by atoms with Crippen LogP contribution in [0.3, 0.4) is 0 Å². The first-order chi connectivity index (χ1) is 8.28. The molecule has 0 aliphatic carbocycles. The maximum Gasteiger partial charge on any atom is 0.127 e. The lowest BCUT2D eigenvalue weighted by molar-refractivity contribution is 0.482. The van der Waals surface area contributed by atoms with Gasteiger partial charge in [-0.05, 0) is 54.1 Å². The van der Waals surface area contributed by atoms with Gasteiger partial charge in [-0.25, -0.2) is 0 Å². The first-order valence-electron chi connectivity index (χ1n) is 5.05. The largest absolute Gasteiger partial charge is 0.457 e. The van der Waals surface area contributed by atoms with E-state index in [2.05, 4.69) is 21.0 Å². The van der Waals surface area contributed by atoms with Crippen molar-refractivity contribution in [2.24, 2.45) is 10.9 Å². The highest BCUT2D eigenvalue weighted by Crippen LogP contribution is 2.23. The molecule has 4 heteroatoms. The Morgan fingerprint density at radius 2 is 1.47 bits per heavy atom. The molecule has 0 radical (unpaired) electrons. The topological polar surface area (TPSA) is 47.6 Å². The van der Waals surface area contributed by atoms with Crippen LogP contribution in [0.2, 0.25) is 0 Å². The molecule has 0 heterocycles. The van der Waals surface area contributed by atoms with Crippen LogP contribution in [0.4, 0.5) is 0 Å². The second-order valence-electron chi connectivity index (χ2n) is 3.40. The first-order valence-corrected chi connectivity index (χ1v) is 5.84. The van der Waals surface area contributed by atoms with Gasteiger partial charge in [0.05, 0.1) is 6.21 Å². The molecular formula is C13H11BrN2O. The molecule has 2 aromatic rings. The summed E-state index contributed by atoms with van der Waals surface area (Å²) in [5.41, 5.74) is 0.940. The number of rotatable bonds is 3. The van der Waals surface area contributed by atoms with Crippen molar-refractivity contribution < 1.29 is 4.74 Å². The van der Waals surface area contributed by atoms with E-state index >= 15 is 0 Å². The predicted molar refractivity (Wildman–Crippen MR) is 72.4 cm³/mol. The van der Waals surface area contributed by atoms with E-state index in [1.165, 1.54) is 0 Å². The fourth-order valence-electron chi connectivity index (χ4n) is 1.35. The summed E-state index contributed by atoms with van der Waals surface area (Å²) in [5.74, 6) is 6.65. The summed E-state index contributed by atoms with van der Waals surface area (Å²) in [6.45, 7) is 0. The van der Waals surface area contributed by atoms with Crippen LogP contribution in [-0.2, 0) is 0 Å². The summed E-state index contributed by atoms with van der Waals surface area (Å²) >= 11 is 3.38. The van der Waals surface area contributed by atoms with E-state index in [-0.39, 0.29) is 0 Å². The average molecular weight is 291 g/mol. The monoisotopic (exact) mass is 290 g/mol. The third-order valence-corrected chi connectivity index (χ3v) is 2.68. The lowest BCUT2D eigenvalue weighted by Gasteiger charge is -2.05. The number of hydrogen-bond acceptors (Lipinski definition) is 3. The second kappa shape index (κ2) is 5.50. The normalized spacial score (nSPS) is 10.6. The third-order valence-electron chi connectivity index (χ3n) is 2.15. The Hall–Kier alpha value is -1.81. The van der Waals surface area contributed by atoms with Crippen LogP contribution in [-0.4, -0.2) is 6.21 Å². The number of hydrazone groups is 1. The number of nitrogens with two attached hydrogens (primary N) is 1. The van der Waals surface area contributed by atoms with Gasteiger partial charge in [0.25, 0.3) is 0 Å². The number of benzene rings is 2. The lowest BCUT2D eigenvalue weighted by atomic mass is 10.2. The van der Waals surface area contributed by atoms with Crippen molar-refractivity contribution in [2.75, 3.05) is 0 Å². The Morgan fingerprint density at radius 1 is 0.941 bits per heavy atom. The molecule has 0 saturated heterocycles. The molecular weight excluding hydrogens is 280 g/mol. The van der Waals surface area contributed by atoms with Crippen molar-refractivity contribution in [1.82, 2.24) is 0 Å². The van der Waals surface area contributed by atoms with Crippen molar-refractivity contribution in [2.45, 2.75) is 0 Å². The highest BCUT2D eigenvalue weighted by atomic mass is 79.9. The lowest BCUT2D eigenvalue weighted by Crippen LogP contribution is -1.87. The van der Waals surface area contributed by atoms with Gasteiger partial charge < -0.3 is 10.6 Å². The number of hydrogen-bond donors (Lipinski definition) is 1. The molecule has 0 spiro atoms. The van der Waals surface area contributed by atoms with Gasteiger partial charge in [0.2, 0.25) is 0 Å². The van der Waals surface area contributed by atoms with E-state index in [4.69, 9.17) is 10.6 Å². The summed E-state index contributed by atoms with van der Waals surface area (Å²) < 4.78 is 6.70. The van der Waals surface area contributed by atoms with Gasteiger partial charge in [0, 0.05) is 4.47 Å². The molecule has 0 unspecified atom stereocenters. The van der Waals surface area contributed by atoms with E-state index in [0.29, 0.717) is 0 Å². The molecule has 17 heavy (non-hydrogen) atoms. The van der Waals surface area contributed by atoms with Gasteiger partial charge in [0.1, 0.15) is 11.5 Å². The van der Waals surface area contributed by atoms with Crippen molar-refractivity contribution >= 4 is 22.1 Å². The molecule has 0 atom stereocenters. The van der Waals surface area contributed by atoms with Crippen molar-refractivity contribution in [3.8, 4) is 11.5 Å². The molecule has 2 N–H and O–H groups in total. The molecule has 0 aliphatic rings. The summed E-state index contributed by atoms with van der Waals surface area (Å²) in [6, 6.07) is 15.2. The zero-order chi connectivity index (χ0) is 12.1. The number of nitrogens with zero attached hydrogens (tertiary/aromatic N) is 1.